The van der Waals surface area contributed by atoms with Crippen molar-refractivity contribution in [3.63, 3.8) is 0 Å². The lowest BCUT2D eigenvalue weighted by atomic mass is 9.73. The Bertz CT molecular complexity index is 2780. The molecule has 464 valence electrons. The largest absolute Gasteiger partial charge is 0.390 e. The van der Waals surface area contributed by atoms with E-state index in [0.29, 0.717) is 41.9 Å². The molecular weight excluding hydrogens is 1090 g/mol. The van der Waals surface area contributed by atoms with Gasteiger partial charge in [-0.2, -0.15) is 5.06 Å². The lowest BCUT2D eigenvalue weighted by Gasteiger charge is -2.44. The molecule has 9 N–H and O–H groups in total. The first-order valence-electron chi connectivity index (χ1n) is 28.5. The highest BCUT2D eigenvalue weighted by Crippen LogP contribution is 2.41. The van der Waals surface area contributed by atoms with E-state index in [2.05, 4.69) is 103 Å². The first-order valence-corrected chi connectivity index (χ1v) is 28.5. The van der Waals surface area contributed by atoms with Crippen LogP contribution in [0, 0.1) is 23.3 Å². The molecule has 4 aromatic carbocycles. The Kier molecular flexibility index (Phi) is 26.2. The second-order valence-electron chi connectivity index (χ2n) is 24.3. The van der Waals surface area contributed by atoms with Crippen molar-refractivity contribution >= 4 is 29.5 Å². The van der Waals surface area contributed by atoms with E-state index in [1.54, 1.807) is 0 Å². The number of benzene rings is 4. The summed E-state index contributed by atoms with van der Waals surface area (Å²) in [6, 6.07) is 21.3. The fraction of sp³-hybridized carbons (Fsp3) is 0.540. The highest BCUT2D eigenvalue weighted by atomic mass is 19.1. The van der Waals surface area contributed by atoms with Crippen LogP contribution in [-0.2, 0) is 63.6 Å². The molecule has 6 rings (SSSR count). The smallest absolute Gasteiger partial charge is 0.250 e. The molecule has 0 aromatic heterocycles. The Hall–Kier alpha value is -6.17. The minimum Gasteiger partial charge on any atom is -0.390 e. The molecule has 5 amide bonds. The van der Waals surface area contributed by atoms with Crippen molar-refractivity contribution in [2.24, 2.45) is 0 Å². The number of carbonyl (C=O) groups is 5. The van der Waals surface area contributed by atoms with Gasteiger partial charge in [-0.05, 0) is 133 Å². The maximum Gasteiger partial charge on any atom is 0.250 e. The van der Waals surface area contributed by atoms with Crippen molar-refractivity contribution in [2.75, 3.05) is 20.2 Å². The number of hydrogen-bond acceptors (Lipinski definition) is 13. The summed E-state index contributed by atoms with van der Waals surface area (Å²) in [5.74, 6) is -4.78. The van der Waals surface area contributed by atoms with Crippen LogP contribution in [0.1, 0.15) is 161 Å². The van der Waals surface area contributed by atoms with Crippen LogP contribution in [0.15, 0.2) is 84.9 Å². The summed E-state index contributed by atoms with van der Waals surface area (Å²) in [5.41, 5.74) is 6.47. The Morgan fingerprint density at radius 1 is 0.583 bits per heavy atom. The Labute approximate surface area is 492 Å². The minimum atomic E-state index is -1.06. The highest BCUT2D eigenvalue weighted by Gasteiger charge is 2.41. The third kappa shape index (κ3) is 21.1. The molecule has 0 spiro atoms. The van der Waals surface area contributed by atoms with E-state index >= 15 is 0 Å². The average Bonchev–Trinajstić information content (AvgIpc) is 2.74. The lowest BCUT2D eigenvalue weighted by molar-refractivity contribution is -0.184. The molecule has 4 atom stereocenters. The van der Waals surface area contributed by atoms with E-state index in [-0.39, 0.29) is 60.7 Å². The first-order chi connectivity index (χ1) is 39.2. The van der Waals surface area contributed by atoms with E-state index in [9.17, 15) is 62.2 Å². The SMILES string of the molecule is CC(=O)N[C@@H](Cc1cc(F)cc(F)c1)[C@H](O)CNC1(c2cccc(C(C)(C)C)c2)CCC(N(O)C(C)=O)CC1.CC(=O)N[C@@H](Cc1cc(F)cc(F)c1)[C@H](O)CNC1(c2cccc(C(C)(C)C)c2)CCC(NO)CC1.CON(C(C)=O)C(C)=O. The molecule has 84 heavy (non-hydrogen) atoms. The molecule has 0 heterocycles. The highest BCUT2D eigenvalue weighted by molar-refractivity contribution is 5.91. The number of amides is 5. The van der Waals surface area contributed by atoms with Gasteiger partial charge in [-0.15, -0.1) is 0 Å². The molecule has 0 radical (unpaired) electrons. The van der Waals surface area contributed by atoms with Gasteiger partial charge in [0, 0.05) is 77.0 Å². The number of aliphatic hydroxyl groups excluding tert-OH is 2. The molecular formula is C63H89F4N7O10. The van der Waals surface area contributed by atoms with Crippen molar-refractivity contribution in [1.82, 2.24) is 36.9 Å². The van der Waals surface area contributed by atoms with Crippen LogP contribution in [0.4, 0.5) is 17.6 Å². The van der Waals surface area contributed by atoms with Gasteiger partial charge in [0.2, 0.25) is 29.5 Å². The predicted molar refractivity (Wildman–Crippen MR) is 311 cm³/mol. The second kappa shape index (κ2) is 31.3. The summed E-state index contributed by atoms with van der Waals surface area (Å²) >= 11 is 0. The normalized spacial score (nSPS) is 20.3. The van der Waals surface area contributed by atoms with Crippen molar-refractivity contribution in [1.29, 1.82) is 0 Å². The monoisotopic (exact) mass is 1180 g/mol. The third-order valence-corrected chi connectivity index (χ3v) is 15.6. The Balaban J connectivity index is 0.000000315. The number of hydrogen-bond donors (Lipinski definition) is 9. The van der Waals surface area contributed by atoms with E-state index in [0.717, 1.165) is 59.6 Å². The number of rotatable bonds is 19. The molecule has 0 bridgehead atoms. The van der Waals surface area contributed by atoms with Crippen molar-refractivity contribution in [3.05, 3.63) is 142 Å². The van der Waals surface area contributed by atoms with Gasteiger partial charge in [-0.1, -0.05) is 90.1 Å². The lowest BCUT2D eigenvalue weighted by Crippen LogP contribution is -2.54. The van der Waals surface area contributed by atoms with Gasteiger partial charge in [0.05, 0.1) is 37.4 Å². The maximum absolute atomic E-state index is 13.8. The fourth-order valence-electron chi connectivity index (χ4n) is 11.0. The van der Waals surface area contributed by atoms with Gasteiger partial charge in [0.25, 0.3) is 0 Å². The van der Waals surface area contributed by atoms with Crippen LogP contribution in [0.2, 0.25) is 0 Å². The van der Waals surface area contributed by atoms with Crippen LogP contribution < -0.4 is 26.7 Å². The molecule has 17 nitrogen and oxygen atoms in total. The Morgan fingerprint density at radius 2 is 0.940 bits per heavy atom. The van der Waals surface area contributed by atoms with Gasteiger partial charge in [-0.3, -0.25) is 34.0 Å². The van der Waals surface area contributed by atoms with E-state index in [4.69, 9.17) is 0 Å². The summed E-state index contributed by atoms with van der Waals surface area (Å²) in [6.45, 7) is 19.7. The molecule has 2 saturated carbocycles. The van der Waals surface area contributed by atoms with Crippen LogP contribution in [0.5, 0.6) is 0 Å². The summed E-state index contributed by atoms with van der Waals surface area (Å²) in [6.07, 6.45) is 3.34. The van der Waals surface area contributed by atoms with E-state index in [1.165, 1.54) is 71.6 Å². The van der Waals surface area contributed by atoms with Crippen LogP contribution in [0.25, 0.3) is 0 Å². The minimum absolute atomic E-state index is 0.00523. The number of nitrogens with zero attached hydrogens (tertiary/aromatic N) is 2. The molecule has 2 aliphatic rings. The van der Waals surface area contributed by atoms with Crippen molar-refractivity contribution < 1.29 is 67.0 Å². The number of halogens is 4. The van der Waals surface area contributed by atoms with Gasteiger partial charge < -0.3 is 36.7 Å². The predicted octanol–water partition coefficient (Wildman–Crippen LogP) is 8.36. The van der Waals surface area contributed by atoms with Crippen molar-refractivity contribution in [3.8, 4) is 0 Å². The molecule has 0 unspecified atom stereocenters. The molecule has 0 aliphatic heterocycles. The fourth-order valence-corrected chi connectivity index (χ4v) is 11.0. The molecule has 0 saturated heterocycles. The van der Waals surface area contributed by atoms with Gasteiger partial charge >= 0.3 is 0 Å². The van der Waals surface area contributed by atoms with Gasteiger partial charge in [0.1, 0.15) is 23.3 Å². The molecule has 4 aromatic rings. The standard InChI is InChI=1S/C30H41F2N3O4.C28H39F2N3O3.C5H9NO3/c1-19(36)34-27(15-21-13-24(31)17-25(32)14-21)28(38)18-33-30(11-9-26(10-12-30)35(39)20(2)37)23-8-6-7-22(16-23)29(3,4)5;1-18(34)32-25(14-19-12-22(29)16-23(30)13-19)26(35)17-31-28(10-8-24(33-36)9-11-28)21-7-5-6-20(15-21)27(2,3)4;1-4(7)6(9-3)5(2)8/h6-8,13-14,16-17,26-28,33,38-39H,9-12,15,18H2,1-5H3,(H,34,36);5-7,12-13,15-16,24-26,31,33,35-36H,8-11,14,17H2,1-4H3,(H,32,34);1-3H3/t26?,27-,28+,30?;24?,25-,26+,28?;/m00./s1. The summed E-state index contributed by atoms with van der Waals surface area (Å²) in [4.78, 5) is 60.7. The zero-order chi connectivity index (χ0) is 62.9. The summed E-state index contributed by atoms with van der Waals surface area (Å²) in [7, 11) is 1.27. The number of hydroxylamine groups is 5. The van der Waals surface area contributed by atoms with Crippen molar-refractivity contribution in [2.45, 2.75) is 199 Å². The number of aliphatic hydroxyl groups is 2. The zero-order valence-corrected chi connectivity index (χ0v) is 50.7. The second-order valence-corrected chi connectivity index (χ2v) is 24.3. The topological polar surface area (TPSA) is 242 Å². The zero-order valence-electron chi connectivity index (χ0n) is 50.7. The third-order valence-electron chi connectivity index (χ3n) is 15.6. The van der Waals surface area contributed by atoms with Crippen LogP contribution in [-0.4, -0.2) is 117 Å². The van der Waals surface area contributed by atoms with E-state index in [1.807, 2.05) is 18.2 Å². The van der Waals surface area contributed by atoms with Crippen LogP contribution in [0.3, 0.4) is 0 Å². The van der Waals surface area contributed by atoms with Gasteiger partial charge in [-0.25, -0.2) is 28.1 Å². The average molecular weight is 1180 g/mol. The molecule has 2 aliphatic carbocycles. The quantitative estimate of drug-likeness (QED) is 0.0244. The number of carbonyl (C=O) groups excluding carboxylic acids is 5. The Morgan fingerprint density at radius 3 is 1.23 bits per heavy atom. The summed E-state index contributed by atoms with van der Waals surface area (Å²) < 4.78 is 55.0. The van der Waals surface area contributed by atoms with E-state index < -0.39 is 76.4 Å². The summed E-state index contributed by atoms with van der Waals surface area (Å²) in [5, 5.41) is 56.0. The number of nitrogens with one attached hydrogen (secondary N) is 5. The number of imide groups is 1. The maximum atomic E-state index is 13.8. The molecule has 2 fully saturated rings. The van der Waals surface area contributed by atoms with Crippen LogP contribution >= 0.6 is 0 Å². The first kappa shape index (κ1) is 70.3. The van der Waals surface area contributed by atoms with Gasteiger partial charge in [0.15, 0.2) is 0 Å². The molecule has 21 heteroatoms.